The van der Waals surface area contributed by atoms with Crippen molar-refractivity contribution in [3.05, 3.63) is 54.6 Å². The molecule has 0 heterocycles. The molecule has 0 aliphatic heterocycles. The smallest absolute Gasteiger partial charge is 0.185 e. The Labute approximate surface area is 104 Å². The molecule has 0 N–H and O–H groups in total. The van der Waals surface area contributed by atoms with E-state index >= 15 is 0 Å². The lowest BCUT2D eigenvalue weighted by atomic mass is 10.2. The molecule has 0 saturated carbocycles. The van der Waals surface area contributed by atoms with Crippen molar-refractivity contribution in [3.8, 4) is 0 Å². The summed E-state index contributed by atoms with van der Waals surface area (Å²) in [6, 6.07) is 6.89. The summed E-state index contributed by atoms with van der Waals surface area (Å²) in [5, 5.41) is -0.581. The Morgan fingerprint density at radius 2 is 1.88 bits per heavy atom. The highest BCUT2D eigenvalue weighted by Gasteiger charge is 2.26. The minimum atomic E-state index is -3.35. The van der Waals surface area contributed by atoms with E-state index in [1.807, 2.05) is 6.92 Å². The number of rotatable bonds is 5. The van der Waals surface area contributed by atoms with E-state index in [0.29, 0.717) is 16.9 Å². The fourth-order valence-electron chi connectivity index (χ4n) is 1.64. The van der Waals surface area contributed by atoms with Crippen molar-refractivity contribution < 1.29 is 8.42 Å². The summed E-state index contributed by atoms with van der Waals surface area (Å²) >= 11 is 0. The zero-order valence-electron chi connectivity index (χ0n) is 10.3. The molecule has 0 aliphatic carbocycles. The van der Waals surface area contributed by atoms with Crippen LogP contribution < -0.4 is 0 Å². The molecule has 0 amide bonds. The van der Waals surface area contributed by atoms with Gasteiger partial charge in [-0.05, 0) is 32.4 Å². The summed E-state index contributed by atoms with van der Waals surface area (Å²) in [7, 11) is -3.35. The number of hydrogen-bond donors (Lipinski definition) is 0. The van der Waals surface area contributed by atoms with E-state index in [1.54, 1.807) is 37.3 Å². The topological polar surface area (TPSA) is 34.1 Å². The van der Waals surface area contributed by atoms with Gasteiger partial charge in [-0.3, -0.25) is 0 Å². The van der Waals surface area contributed by atoms with E-state index in [0.717, 1.165) is 5.56 Å². The SMILES string of the molecule is C=CC[C@@H](C(=C)C)S(=O)(=O)c1ccc(C)cc1. The minimum Gasteiger partial charge on any atom is -0.223 e. The Bertz CT molecular complexity index is 510. The highest BCUT2D eigenvalue weighted by atomic mass is 32.2. The van der Waals surface area contributed by atoms with Gasteiger partial charge in [-0.25, -0.2) is 8.42 Å². The molecule has 1 rings (SSSR count). The van der Waals surface area contributed by atoms with Crippen LogP contribution in [0.1, 0.15) is 18.9 Å². The van der Waals surface area contributed by atoms with Gasteiger partial charge in [0.25, 0.3) is 0 Å². The second kappa shape index (κ2) is 5.32. The third-order valence-corrected chi connectivity index (χ3v) is 4.93. The van der Waals surface area contributed by atoms with Gasteiger partial charge in [0.05, 0.1) is 10.1 Å². The number of allylic oxidation sites excluding steroid dienone is 1. The van der Waals surface area contributed by atoms with Gasteiger partial charge in [0.1, 0.15) is 0 Å². The van der Waals surface area contributed by atoms with Crippen molar-refractivity contribution in [2.24, 2.45) is 0 Å². The Balaban J connectivity index is 3.20. The first kappa shape index (κ1) is 13.7. The van der Waals surface area contributed by atoms with Crippen molar-refractivity contribution in [3.63, 3.8) is 0 Å². The van der Waals surface area contributed by atoms with Gasteiger partial charge >= 0.3 is 0 Å². The molecule has 1 aromatic carbocycles. The van der Waals surface area contributed by atoms with Crippen LogP contribution in [0.5, 0.6) is 0 Å². The van der Waals surface area contributed by atoms with Crippen LogP contribution in [0, 0.1) is 6.92 Å². The van der Waals surface area contributed by atoms with Crippen LogP contribution in [0.3, 0.4) is 0 Å². The zero-order chi connectivity index (χ0) is 13.1. The second-order valence-electron chi connectivity index (χ2n) is 4.22. The van der Waals surface area contributed by atoms with Crippen molar-refractivity contribution >= 4 is 9.84 Å². The molecule has 0 fully saturated rings. The second-order valence-corrected chi connectivity index (χ2v) is 6.35. The van der Waals surface area contributed by atoms with Crippen molar-refractivity contribution in [1.29, 1.82) is 0 Å². The van der Waals surface area contributed by atoms with E-state index in [4.69, 9.17) is 0 Å². The third kappa shape index (κ3) is 3.07. The summed E-state index contributed by atoms with van der Waals surface area (Å²) in [6.07, 6.45) is 2.01. The normalized spacial score (nSPS) is 13.1. The summed E-state index contributed by atoms with van der Waals surface area (Å²) in [6.45, 7) is 11.0. The average Bonchev–Trinajstić information content (AvgIpc) is 2.25. The molecule has 0 aromatic heterocycles. The predicted molar refractivity (Wildman–Crippen MR) is 71.8 cm³/mol. The van der Waals surface area contributed by atoms with Crippen molar-refractivity contribution in [2.75, 3.05) is 0 Å². The average molecular weight is 250 g/mol. The molecule has 17 heavy (non-hydrogen) atoms. The Morgan fingerprint density at radius 1 is 1.35 bits per heavy atom. The number of aryl methyl sites for hydroxylation is 1. The van der Waals surface area contributed by atoms with E-state index in [1.165, 1.54) is 0 Å². The number of sulfone groups is 1. The molecule has 0 aliphatic rings. The van der Waals surface area contributed by atoms with E-state index < -0.39 is 15.1 Å². The first-order valence-corrected chi connectivity index (χ1v) is 7.01. The van der Waals surface area contributed by atoms with E-state index in [2.05, 4.69) is 13.2 Å². The standard InChI is InChI=1S/C14H18O2S/c1-5-6-14(11(2)3)17(15,16)13-9-7-12(4)8-10-13/h5,7-10,14H,1-2,6H2,3-4H3/t14-/m0/s1. The number of benzene rings is 1. The Hall–Kier alpha value is -1.35. The van der Waals surface area contributed by atoms with Crippen LogP contribution in [-0.2, 0) is 9.84 Å². The fourth-order valence-corrected chi connectivity index (χ4v) is 3.40. The van der Waals surface area contributed by atoms with Gasteiger partial charge in [0.2, 0.25) is 0 Å². The summed E-state index contributed by atoms with van der Waals surface area (Å²) in [5.74, 6) is 0. The molecule has 0 saturated heterocycles. The molecule has 2 nitrogen and oxygen atoms in total. The fraction of sp³-hybridized carbons (Fsp3) is 0.286. The summed E-state index contributed by atoms with van der Waals surface area (Å²) in [4.78, 5) is 0.345. The van der Waals surface area contributed by atoms with Gasteiger partial charge in [0.15, 0.2) is 9.84 Å². The molecule has 1 aromatic rings. The molecule has 1 atom stereocenters. The lowest BCUT2D eigenvalue weighted by Gasteiger charge is -2.16. The van der Waals surface area contributed by atoms with Gasteiger partial charge in [0, 0.05) is 0 Å². The maximum absolute atomic E-state index is 12.4. The molecule has 0 bridgehead atoms. The summed E-state index contributed by atoms with van der Waals surface area (Å²) < 4.78 is 24.7. The van der Waals surface area contributed by atoms with Crippen molar-refractivity contribution in [2.45, 2.75) is 30.4 Å². The molecule has 0 spiro atoms. The molecule has 0 radical (unpaired) electrons. The lowest BCUT2D eigenvalue weighted by Crippen LogP contribution is -2.21. The highest BCUT2D eigenvalue weighted by Crippen LogP contribution is 2.23. The first-order chi connectivity index (χ1) is 7.89. The molecule has 92 valence electrons. The molecular formula is C14H18O2S. The maximum atomic E-state index is 12.4. The van der Waals surface area contributed by atoms with Gasteiger partial charge in [-0.15, -0.1) is 6.58 Å². The van der Waals surface area contributed by atoms with Gasteiger partial charge in [-0.2, -0.15) is 0 Å². The molecular weight excluding hydrogens is 232 g/mol. The van der Waals surface area contributed by atoms with Gasteiger partial charge < -0.3 is 0 Å². The van der Waals surface area contributed by atoms with E-state index in [-0.39, 0.29) is 0 Å². The monoisotopic (exact) mass is 250 g/mol. The third-order valence-electron chi connectivity index (χ3n) is 2.65. The van der Waals surface area contributed by atoms with Crippen LogP contribution in [0.25, 0.3) is 0 Å². The van der Waals surface area contributed by atoms with E-state index in [9.17, 15) is 8.42 Å². The predicted octanol–water partition coefficient (Wildman–Crippen LogP) is 3.29. The van der Waals surface area contributed by atoms with Crippen molar-refractivity contribution in [1.82, 2.24) is 0 Å². The minimum absolute atomic E-state index is 0.345. The van der Waals surface area contributed by atoms with Crippen LogP contribution >= 0.6 is 0 Å². The lowest BCUT2D eigenvalue weighted by molar-refractivity contribution is 0.586. The zero-order valence-corrected chi connectivity index (χ0v) is 11.1. The van der Waals surface area contributed by atoms with Crippen LogP contribution in [-0.4, -0.2) is 13.7 Å². The molecule has 0 unspecified atom stereocenters. The summed E-state index contributed by atoms with van der Waals surface area (Å²) in [5.41, 5.74) is 1.69. The van der Waals surface area contributed by atoms with Crippen LogP contribution in [0.2, 0.25) is 0 Å². The molecule has 3 heteroatoms. The maximum Gasteiger partial charge on any atom is 0.185 e. The van der Waals surface area contributed by atoms with Gasteiger partial charge in [-0.1, -0.05) is 35.9 Å². The number of hydrogen-bond acceptors (Lipinski definition) is 2. The largest absolute Gasteiger partial charge is 0.223 e. The van der Waals surface area contributed by atoms with Crippen LogP contribution in [0.4, 0.5) is 0 Å². The Morgan fingerprint density at radius 3 is 2.29 bits per heavy atom. The quantitative estimate of drug-likeness (QED) is 0.751. The van der Waals surface area contributed by atoms with Crippen LogP contribution in [0.15, 0.2) is 54.0 Å². The highest BCUT2D eigenvalue weighted by molar-refractivity contribution is 7.92. The Kier molecular flexibility index (Phi) is 4.29. The first-order valence-electron chi connectivity index (χ1n) is 5.46.